The fraction of sp³-hybridized carbons (Fsp3) is 0.750. The van der Waals surface area contributed by atoms with E-state index in [-0.39, 0.29) is 6.04 Å². The Hall–Kier alpha value is -0.370. The topological polar surface area (TPSA) is 43.1 Å². The maximum Gasteiger partial charge on any atom is 0.136 e. The number of hydrogen-bond donors (Lipinski definition) is 1. The van der Waals surface area contributed by atoms with E-state index in [1.54, 1.807) is 0 Å². The summed E-state index contributed by atoms with van der Waals surface area (Å²) in [6.07, 6.45) is 1.49. The van der Waals surface area contributed by atoms with Crippen molar-refractivity contribution in [3.8, 4) is 0 Å². The lowest BCUT2D eigenvalue weighted by atomic mass is 10.3. The van der Waals surface area contributed by atoms with Crippen molar-refractivity contribution in [2.75, 3.05) is 0 Å². The van der Waals surface area contributed by atoms with Crippen molar-refractivity contribution in [3.05, 3.63) is 0 Å². The zero-order valence-electron chi connectivity index (χ0n) is 3.85. The van der Waals surface area contributed by atoms with Crippen LogP contribution in [0.1, 0.15) is 13.3 Å². The zero-order valence-corrected chi connectivity index (χ0v) is 3.85. The number of rotatable bonds is 2. The molecular weight excluding hydrogens is 78.0 g/mol. The van der Waals surface area contributed by atoms with Crippen molar-refractivity contribution in [1.82, 2.24) is 0 Å². The molecule has 0 saturated heterocycles. The van der Waals surface area contributed by atoms with E-state index in [2.05, 4.69) is 0 Å². The Morgan fingerprint density at radius 2 is 2.50 bits per heavy atom. The molecule has 0 fully saturated rings. The molecule has 2 heteroatoms. The Morgan fingerprint density at radius 3 is 2.50 bits per heavy atom. The van der Waals surface area contributed by atoms with E-state index in [1.165, 1.54) is 0 Å². The highest BCUT2D eigenvalue weighted by atomic mass is 16.1. The van der Waals surface area contributed by atoms with Gasteiger partial charge in [0.05, 0.1) is 6.04 Å². The van der Waals surface area contributed by atoms with Gasteiger partial charge in [0.2, 0.25) is 0 Å². The molecule has 0 bridgehead atoms. The predicted octanol–water partition coefficient (Wildman–Crippen LogP) is -0.0774. The highest BCUT2D eigenvalue weighted by molar-refractivity contribution is 5.56. The summed E-state index contributed by atoms with van der Waals surface area (Å²) in [6.45, 7) is 1.87. The van der Waals surface area contributed by atoms with Crippen molar-refractivity contribution in [2.45, 2.75) is 19.4 Å². The standard InChI is InChI=1S/C4H9NO/c1-2-4(5)3-6/h3-4H,2,5H2,1H3. The van der Waals surface area contributed by atoms with E-state index in [0.717, 1.165) is 12.7 Å². The number of hydrogen-bond acceptors (Lipinski definition) is 2. The summed E-state index contributed by atoms with van der Waals surface area (Å²) >= 11 is 0. The highest BCUT2D eigenvalue weighted by Crippen LogP contribution is 1.75. The van der Waals surface area contributed by atoms with Crippen LogP contribution in [0.5, 0.6) is 0 Å². The van der Waals surface area contributed by atoms with Crippen LogP contribution < -0.4 is 5.73 Å². The Balaban J connectivity index is 2.96. The van der Waals surface area contributed by atoms with E-state index in [4.69, 9.17) is 5.73 Å². The Bertz CT molecular complexity index is 44.8. The summed E-state index contributed by atoms with van der Waals surface area (Å²) < 4.78 is 0. The Morgan fingerprint density at radius 1 is 2.00 bits per heavy atom. The van der Waals surface area contributed by atoms with Gasteiger partial charge in [0, 0.05) is 0 Å². The summed E-state index contributed by atoms with van der Waals surface area (Å²) in [7, 11) is 0. The maximum absolute atomic E-state index is 9.61. The minimum absolute atomic E-state index is 0.245. The summed E-state index contributed by atoms with van der Waals surface area (Å²) in [5.74, 6) is 0. The van der Waals surface area contributed by atoms with Crippen LogP contribution in [0.2, 0.25) is 0 Å². The molecule has 0 aliphatic heterocycles. The van der Waals surface area contributed by atoms with E-state index < -0.39 is 0 Å². The minimum Gasteiger partial charge on any atom is -0.322 e. The van der Waals surface area contributed by atoms with Crippen LogP contribution in [0.4, 0.5) is 0 Å². The lowest BCUT2D eigenvalue weighted by Gasteiger charge is -1.90. The molecule has 2 N–H and O–H groups in total. The fourth-order valence-electron chi connectivity index (χ4n) is 0.0962. The van der Waals surface area contributed by atoms with Crippen LogP contribution in [0.25, 0.3) is 0 Å². The number of carbonyl (C=O) groups is 1. The van der Waals surface area contributed by atoms with Gasteiger partial charge in [0.15, 0.2) is 0 Å². The minimum atomic E-state index is -0.245. The van der Waals surface area contributed by atoms with Crippen LogP contribution >= 0.6 is 0 Å². The van der Waals surface area contributed by atoms with E-state index in [1.807, 2.05) is 6.92 Å². The quantitative estimate of drug-likeness (QED) is 0.479. The van der Waals surface area contributed by atoms with Crippen LogP contribution in [0, 0.1) is 0 Å². The summed E-state index contributed by atoms with van der Waals surface area (Å²) in [5, 5.41) is 0. The third kappa shape index (κ3) is 1.91. The van der Waals surface area contributed by atoms with E-state index in [0.29, 0.717) is 0 Å². The van der Waals surface area contributed by atoms with Gasteiger partial charge in [-0.1, -0.05) is 6.92 Å². The highest BCUT2D eigenvalue weighted by Gasteiger charge is 1.89. The first-order valence-corrected chi connectivity index (χ1v) is 2.02. The first-order valence-electron chi connectivity index (χ1n) is 2.02. The van der Waals surface area contributed by atoms with Crippen molar-refractivity contribution >= 4 is 6.29 Å². The van der Waals surface area contributed by atoms with Gasteiger partial charge in [0.25, 0.3) is 0 Å². The van der Waals surface area contributed by atoms with Crippen LogP contribution in [-0.2, 0) is 4.79 Å². The van der Waals surface area contributed by atoms with Crippen LogP contribution in [0.3, 0.4) is 0 Å². The van der Waals surface area contributed by atoms with E-state index >= 15 is 0 Å². The zero-order chi connectivity index (χ0) is 4.99. The van der Waals surface area contributed by atoms with Gasteiger partial charge in [-0.3, -0.25) is 0 Å². The molecule has 2 nitrogen and oxygen atoms in total. The van der Waals surface area contributed by atoms with Gasteiger partial charge < -0.3 is 10.5 Å². The average molecular weight is 87.1 g/mol. The smallest absolute Gasteiger partial charge is 0.136 e. The molecule has 0 aromatic carbocycles. The van der Waals surface area contributed by atoms with Crippen molar-refractivity contribution in [2.24, 2.45) is 5.73 Å². The summed E-state index contributed by atoms with van der Waals surface area (Å²) in [6, 6.07) is -0.245. The van der Waals surface area contributed by atoms with Crippen LogP contribution in [0.15, 0.2) is 0 Å². The second-order valence-corrected chi connectivity index (χ2v) is 1.21. The normalized spacial score (nSPS) is 13.7. The summed E-state index contributed by atoms with van der Waals surface area (Å²) in [4.78, 5) is 9.61. The first kappa shape index (κ1) is 5.63. The molecule has 0 amide bonds. The average Bonchev–Trinajstić information content (AvgIpc) is 1.65. The molecule has 1 atom stereocenters. The lowest BCUT2D eigenvalue weighted by molar-refractivity contribution is -0.108. The maximum atomic E-state index is 9.61. The molecule has 1 unspecified atom stereocenters. The molecule has 0 aliphatic rings. The van der Waals surface area contributed by atoms with E-state index in [9.17, 15) is 4.79 Å². The lowest BCUT2D eigenvalue weighted by Crippen LogP contribution is -2.19. The van der Waals surface area contributed by atoms with Gasteiger partial charge in [-0.2, -0.15) is 0 Å². The monoisotopic (exact) mass is 87.1 g/mol. The first-order chi connectivity index (χ1) is 2.81. The molecule has 0 saturated carbocycles. The van der Waals surface area contributed by atoms with Gasteiger partial charge >= 0.3 is 0 Å². The van der Waals surface area contributed by atoms with Crippen molar-refractivity contribution in [1.29, 1.82) is 0 Å². The molecule has 0 spiro atoms. The molecule has 0 radical (unpaired) electrons. The fourth-order valence-corrected chi connectivity index (χ4v) is 0.0962. The van der Waals surface area contributed by atoms with Crippen LogP contribution in [-0.4, -0.2) is 12.3 Å². The van der Waals surface area contributed by atoms with Crippen molar-refractivity contribution < 1.29 is 4.79 Å². The Labute approximate surface area is 37.3 Å². The molecular formula is C4H9NO. The molecule has 6 heavy (non-hydrogen) atoms. The third-order valence-electron chi connectivity index (χ3n) is 0.646. The second-order valence-electron chi connectivity index (χ2n) is 1.21. The molecule has 0 aromatic rings. The largest absolute Gasteiger partial charge is 0.322 e. The SMILES string of the molecule is CCC(N)C=O. The molecule has 0 rings (SSSR count). The Kier molecular flexibility index (Phi) is 2.67. The van der Waals surface area contributed by atoms with Gasteiger partial charge in [-0.25, -0.2) is 0 Å². The number of aldehydes is 1. The molecule has 0 aromatic heterocycles. The van der Waals surface area contributed by atoms with Crippen molar-refractivity contribution in [3.63, 3.8) is 0 Å². The van der Waals surface area contributed by atoms with Gasteiger partial charge in [-0.15, -0.1) is 0 Å². The second kappa shape index (κ2) is 2.85. The predicted molar refractivity (Wildman–Crippen MR) is 24.3 cm³/mol. The number of carbonyl (C=O) groups excluding carboxylic acids is 1. The molecule has 0 heterocycles. The summed E-state index contributed by atoms with van der Waals surface area (Å²) in [5.41, 5.74) is 5.10. The van der Waals surface area contributed by atoms with Gasteiger partial charge in [0.1, 0.15) is 6.29 Å². The third-order valence-corrected chi connectivity index (χ3v) is 0.646. The van der Waals surface area contributed by atoms with Gasteiger partial charge in [-0.05, 0) is 6.42 Å². The molecule has 36 valence electrons. The molecule has 0 aliphatic carbocycles. The number of nitrogens with two attached hydrogens (primary N) is 1.